The Morgan fingerprint density at radius 2 is 0.833 bits per heavy atom. The Bertz CT molecular complexity index is 1390. The van der Waals surface area contributed by atoms with Crippen LogP contribution in [0, 0.1) is 0 Å². The molecule has 2 radical (unpaired) electrons. The van der Waals surface area contributed by atoms with Crippen molar-refractivity contribution in [1.29, 1.82) is 0 Å². The zero-order valence-electron chi connectivity index (χ0n) is 20.1. The van der Waals surface area contributed by atoms with E-state index >= 15 is 0 Å². The van der Waals surface area contributed by atoms with Crippen molar-refractivity contribution in [3.05, 3.63) is 154 Å². The van der Waals surface area contributed by atoms with E-state index in [-0.39, 0.29) is 31.2 Å². The Morgan fingerprint density at radius 1 is 0.500 bits per heavy atom. The van der Waals surface area contributed by atoms with Crippen LogP contribution < -0.4 is 0 Å². The normalized spacial score (nSPS) is 22.3. The van der Waals surface area contributed by atoms with Crippen LogP contribution in [0.1, 0.15) is 47.2 Å². The molecule has 0 N–H and O–H groups in total. The van der Waals surface area contributed by atoms with Gasteiger partial charge in [-0.05, 0) is 69.5 Å². The Labute approximate surface area is 240 Å². The molecule has 2 aliphatic carbocycles. The van der Waals surface area contributed by atoms with Crippen molar-refractivity contribution in [3.8, 4) is 0 Å². The average Bonchev–Trinajstić information content (AvgIpc) is 3.25. The van der Waals surface area contributed by atoms with Crippen LogP contribution in [0.15, 0.2) is 120 Å². The molecule has 4 heteroatoms. The van der Waals surface area contributed by atoms with Crippen molar-refractivity contribution < 1.29 is 21.7 Å². The van der Waals surface area contributed by atoms with Crippen LogP contribution >= 0.6 is 23.2 Å². The van der Waals surface area contributed by atoms with E-state index in [1.54, 1.807) is 0 Å². The van der Waals surface area contributed by atoms with E-state index < -0.39 is 8.99 Å². The molecule has 4 aromatic rings. The molecule has 4 aromatic carbocycles. The van der Waals surface area contributed by atoms with Gasteiger partial charge >= 0.3 is 0 Å². The van der Waals surface area contributed by atoms with Gasteiger partial charge in [-0.2, -0.15) is 0 Å². The van der Waals surface area contributed by atoms with Gasteiger partial charge in [0, 0.05) is 21.7 Å². The SMILES string of the molecule is CC1=C(c2ccccc2)c2ccccc2C1(Cl)[Si]C1(Cl)C(C)=C(c2ccccc2)c2ccccc21.[Ti]. The monoisotopic (exact) mass is 554 g/mol. The van der Waals surface area contributed by atoms with Crippen molar-refractivity contribution in [2.75, 3.05) is 0 Å². The minimum atomic E-state index is -0.690. The van der Waals surface area contributed by atoms with Crippen molar-refractivity contribution in [2.24, 2.45) is 0 Å². The molecule has 0 amide bonds. The number of allylic oxidation sites excluding steroid dienone is 2. The smallest absolute Gasteiger partial charge is 0.114 e. The summed E-state index contributed by atoms with van der Waals surface area (Å²) < 4.78 is -1.38. The Morgan fingerprint density at radius 3 is 1.22 bits per heavy atom. The molecule has 0 saturated heterocycles. The Kier molecular flexibility index (Phi) is 6.83. The molecule has 0 aromatic heterocycles. The summed E-state index contributed by atoms with van der Waals surface area (Å²) in [6.07, 6.45) is 0. The second-order valence-electron chi connectivity index (χ2n) is 9.27. The maximum Gasteiger partial charge on any atom is 0.118 e. The fourth-order valence-corrected chi connectivity index (χ4v) is 8.99. The molecule has 0 aliphatic heterocycles. The molecule has 36 heavy (non-hydrogen) atoms. The molecule has 2 aliphatic rings. The van der Waals surface area contributed by atoms with E-state index in [0.717, 1.165) is 11.1 Å². The second-order valence-corrected chi connectivity index (χ2v) is 12.8. The van der Waals surface area contributed by atoms with Crippen LogP contribution in [0.5, 0.6) is 0 Å². The van der Waals surface area contributed by atoms with Gasteiger partial charge in [0.05, 0.1) is 8.99 Å². The number of rotatable bonds is 4. The molecule has 0 spiro atoms. The summed E-state index contributed by atoms with van der Waals surface area (Å²) in [5, 5.41) is 0. The van der Waals surface area contributed by atoms with Crippen LogP contribution in [0.3, 0.4) is 0 Å². The fourth-order valence-electron chi connectivity index (χ4n) is 5.67. The van der Waals surface area contributed by atoms with Gasteiger partial charge in [-0.1, -0.05) is 109 Å². The number of benzene rings is 4. The molecule has 2 atom stereocenters. The number of hydrogen-bond acceptors (Lipinski definition) is 0. The predicted octanol–water partition coefficient (Wildman–Crippen LogP) is 8.54. The van der Waals surface area contributed by atoms with Crippen molar-refractivity contribution in [2.45, 2.75) is 22.8 Å². The molecule has 2 unspecified atom stereocenters. The maximum atomic E-state index is 7.74. The first kappa shape index (κ1) is 25.5. The van der Waals surface area contributed by atoms with Gasteiger partial charge in [0.2, 0.25) is 0 Å². The van der Waals surface area contributed by atoms with Crippen LogP contribution in [0.2, 0.25) is 0 Å². The van der Waals surface area contributed by atoms with Crippen LogP contribution in [0.4, 0.5) is 0 Å². The van der Waals surface area contributed by atoms with Gasteiger partial charge in [0.15, 0.2) is 0 Å². The van der Waals surface area contributed by atoms with Crippen LogP contribution in [-0.4, -0.2) is 9.52 Å². The van der Waals surface area contributed by atoms with E-state index in [0.29, 0.717) is 0 Å². The van der Waals surface area contributed by atoms with Crippen LogP contribution in [0.25, 0.3) is 11.1 Å². The molecule has 0 fully saturated rings. The quantitative estimate of drug-likeness (QED) is 0.175. The molecule has 174 valence electrons. The van der Waals surface area contributed by atoms with Gasteiger partial charge in [0.1, 0.15) is 9.52 Å². The largest absolute Gasteiger partial charge is 0.118 e. The van der Waals surface area contributed by atoms with Crippen molar-refractivity contribution in [3.63, 3.8) is 0 Å². The molecule has 0 heterocycles. The number of fused-ring (bicyclic) bond motifs is 2. The van der Waals surface area contributed by atoms with Gasteiger partial charge in [0.25, 0.3) is 0 Å². The van der Waals surface area contributed by atoms with E-state index in [4.69, 9.17) is 23.2 Å². The summed E-state index contributed by atoms with van der Waals surface area (Å²) in [5.74, 6) is 0. The summed E-state index contributed by atoms with van der Waals surface area (Å²) in [5.41, 5.74) is 11.9. The number of hydrogen-bond donors (Lipinski definition) is 0. The minimum Gasteiger partial charge on any atom is -0.114 e. The third kappa shape index (κ3) is 3.76. The Balaban J connectivity index is 0.00000267. The molecule has 0 saturated carbocycles. The fraction of sp³-hybridized carbons (Fsp3) is 0.125. The Hall–Kier alpha value is -2.13. The summed E-state index contributed by atoms with van der Waals surface area (Å²) in [6.45, 7) is 4.36. The van der Waals surface area contributed by atoms with Gasteiger partial charge in [-0.3, -0.25) is 0 Å². The van der Waals surface area contributed by atoms with Gasteiger partial charge < -0.3 is 0 Å². The second kappa shape index (κ2) is 9.63. The first-order valence-electron chi connectivity index (χ1n) is 11.9. The molecular weight excluding hydrogens is 531 g/mol. The summed E-state index contributed by atoms with van der Waals surface area (Å²) in [7, 11) is 0.217. The maximum absolute atomic E-state index is 7.74. The first-order chi connectivity index (χ1) is 16.9. The molecule has 0 nitrogen and oxygen atoms in total. The third-order valence-electron chi connectivity index (χ3n) is 7.39. The summed E-state index contributed by atoms with van der Waals surface area (Å²) in [6, 6.07) is 38.2. The summed E-state index contributed by atoms with van der Waals surface area (Å²) >= 11 is 15.5. The molecule has 0 bridgehead atoms. The van der Waals surface area contributed by atoms with E-state index in [2.05, 4.69) is 123 Å². The van der Waals surface area contributed by atoms with E-state index in [9.17, 15) is 0 Å². The topological polar surface area (TPSA) is 0 Å². The minimum absolute atomic E-state index is 0. The average molecular weight is 555 g/mol. The van der Waals surface area contributed by atoms with Gasteiger partial charge in [-0.15, -0.1) is 23.2 Å². The predicted molar refractivity (Wildman–Crippen MR) is 150 cm³/mol. The van der Waals surface area contributed by atoms with Crippen molar-refractivity contribution >= 4 is 43.9 Å². The first-order valence-corrected chi connectivity index (χ1v) is 13.6. The van der Waals surface area contributed by atoms with Crippen molar-refractivity contribution in [1.82, 2.24) is 0 Å². The third-order valence-corrected chi connectivity index (χ3v) is 10.9. The summed E-state index contributed by atoms with van der Waals surface area (Å²) in [4.78, 5) is 0. The van der Waals surface area contributed by atoms with Gasteiger partial charge in [-0.25, -0.2) is 0 Å². The number of alkyl halides is 2. The standard InChI is InChI=1S/C32H24Cl2Si.Ti/c1-21-29(23-13-5-3-6-14-23)25-17-9-11-19-27(25)31(21,33)35-32(34)22(2)30(24-15-7-4-8-16-24)26-18-10-12-20-28(26)32;/h3-20H,1-2H3;. The zero-order valence-corrected chi connectivity index (χ0v) is 24.2. The molecule has 6 rings (SSSR count). The van der Waals surface area contributed by atoms with Crippen LogP contribution in [-0.2, 0) is 30.7 Å². The zero-order chi connectivity index (χ0) is 24.2. The molecular formula is C32H24Cl2SiTi. The van der Waals surface area contributed by atoms with E-state index in [1.165, 1.54) is 44.5 Å². The van der Waals surface area contributed by atoms with E-state index in [1.807, 2.05) is 0 Å². The number of halogens is 2.